The fraction of sp³-hybridized carbons (Fsp3) is 0.571. The minimum atomic E-state index is -3.38. The average Bonchev–Trinajstić information content (AvgIpc) is 3.13. The highest BCUT2D eigenvalue weighted by molar-refractivity contribution is 7.89. The van der Waals surface area contributed by atoms with Gasteiger partial charge in [-0.25, -0.2) is 8.42 Å². The van der Waals surface area contributed by atoms with Gasteiger partial charge in [0.25, 0.3) is 0 Å². The van der Waals surface area contributed by atoms with E-state index in [1.54, 1.807) is 22.5 Å². The first kappa shape index (κ1) is 12.6. The Morgan fingerprint density at radius 1 is 1.30 bits per heavy atom. The summed E-state index contributed by atoms with van der Waals surface area (Å²) in [5.41, 5.74) is 1.01. The first-order valence-electron chi connectivity index (χ1n) is 7.14. The molecule has 0 unspecified atom stereocenters. The van der Waals surface area contributed by atoms with Crippen molar-refractivity contribution in [3.63, 3.8) is 0 Å². The summed E-state index contributed by atoms with van der Waals surface area (Å²) in [5.74, 6) is 1.30. The molecule has 0 radical (unpaired) electrons. The lowest BCUT2D eigenvalue weighted by Gasteiger charge is -2.23. The molecule has 2 fully saturated rings. The van der Waals surface area contributed by atoms with Gasteiger partial charge in [0.2, 0.25) is 10.0 Å². The summed E-state index contributed by atoms with van der Waals surface area (Å²) in [6.07, 6.45) is 1.76. The zero-order valence-corrected chi connectivity index (χ0v) is 12.0. The quantitative estimate of drug-likeness (QED) is 0.868. The number of nitrogens with zero attached hydrogens (tertiary/aromatic N) is 1. The molecule has 3 aliphatic heterocycles. The third-order valence-electron chi connectivity index (χ3n) is 4.66. The molecule has 1 N–H and O–H groups in total. The normalized spacial score (nSPS) is 29.2. The van der Waals surface area contributed by atoms with Gasteiger partial charge in [-0.05, 0) is 42.6 Å². The monoisotopic (exact) mass is 294 g/mol. The molecule has 2 atom stereocenters. The second-order valence-corrected chi connectivity index (χ2v) is 7.65. The van der Waals surface area contributed by atoms with Crippen LogP contribution in [-0.4, -0.2) is 45.0 Å². The van der Waals surface area contributed by atoms with E-state index in [1.807, 2.05) is 0 Å². The lowest BCUT2D eigenvalue weighted by molar-refractivity contribution is 0.356. The van der Waals surface area contributed by atoms with Crippen LogP contribution in [0.2, 0.25) is 0 Å². The maximum absolute atomic E-state index is 12.8. The summed E-state index contributed by atoms with van der Waals surface area (Å²) < 4.78 is 32.8. The van der Waals surface area contributed by atoms with E-state index >= 15 is 0 Å². The predicted molar refractivity (Wildman–Crippen MR) is 74.3 cm³/mol. The van der Waals surface area contributed by atoms with Crippen molar-refractivity contribution in [3.05, 3.63) is 23.8 Å². The summed E-state index contributed by atoms with van der Waals surface area (Å²) >= 11 is 0. The average molecular weight is 294 g/mol. The molecule has 5 nitrogen and oxygen atoms in total. The largest absolute Gasteiger partial charge is 0.493 e. The van der Waals surface area contributed by atoms with Crippen molar-refractivity contribution in [2.24, 2.45) is 5.92 Å². The predicted octanol–water partition coefficient (Wildman–Crippen LogP) is 0.604. The minimum absolute atomic E-state index is 0.129. The van der Waals surface area contributed by atoms with Gasteiger partial charge in [0.05, 0.1) is 11.5 Å². The SMILES string of the molecule is O=S(=O)(c1ccc2c(c1)CCO2)N1CC[C@H]2CNC[C@H]21. The maximum atomic E-state index is 12.8. The Labute approximate surface area is 119 Å². The Balaban J connectivity index is 1.70. The highest BCUT2D eigenvalue weighted by atomic mass is 32.2. The van der Waals surface area contributed by atoms with E-state index in [-0.39, 0.29) is 6.04 Å². The van der Waals surface area contributed by atoms with Gasteiger partial charge in [0.15, 0.2) is 0 Å². The number of benzene rings is 1. The number of rotatable bonds is 2. The first-order chi connectivity index (χ1) is 9.66. The summed E-state index contributed by atoms with van der Waals surface area (Å²) in [5, 5.41) is 3.29. The van der Waals surface area contributed by atoms with Gasteiger partial charge in [-0.2, -0.15) is 4.31 Å². The fourth-order valence-corrected chi connectivity index (χ4v) is 5.32. The Hall–Kier alpha value is -1.11. The minimum Gasteiger partial charge on any atom is -0.493 e. The second-order valence-electron chi connectivity index (χ2n) is 5.76. The van der Waals surface area contributed by atoms with Crippen molar-refractivity contribution in [2.75, 3.05) is 26.2 Å². The molecule has 4 rings (SSSR count). The molecule has 6 heteroatoms. The van der Waals surface area contributed by atoms with Gasteiger partial charge >= 0.3 is 0 Å². The van der Waals surface area contributed by atoms with E-state index in [1.165, 1.54) is 0 Å². The molecule has 0 saturated carbocycles. The summed E-state index contributed by atoms with van der Waals surface area (Å²) in [4.78, 5) is 0.411. The van der Waals surface area contributed by atoms with Crippen molar-refractivity contribution in [3.8, 4) is 5.75 Å². The Bertz CT molecular complexity index is 644. The maximum Gasteiger partial charge on any atom is 0.243 e. The van der Waals surface area contributed by atoms with Gasteiger partial charge in [-0.1, -0.05) is 0 Å². The summed E-state index contributed by atoms with van der Waals surface area (Å²) in [6.45, 7) is 3.01. The summed E-state index contributed by atoms with van der Waals surface area (Å²) in [6, 6.07) is 5.38. The smallest absolute Gasteiger partial charge is 0.243 e. The zero-order valence-electron chi connectivity index (χ0n) is 11.2. The number of hydrogen-bond donors (Lipinski definition) is 1. The zero-order chi connectivity index (χ0) is 13.7. The highest BCUT2D eigenvalue weighted by Gasteiger charge is 2.43. The van der Waals surface area contributed by atoms with Crippen molar-refractivity contribution in [2.45, 2.75) is 23.8 Å². The van der Waals surface area contributed by atoms with E-state index < -0.39 is 10.0 Å². The van der Waals surface area contributed by atoms with E-state index in [0.29, 0.717) is 24.0 Å². The van der Waals surface area contributed by atoms with Crippen LogP contribution < -0.4 is 10.1 Å². The number of fused-ring (bicyclic) bond motifs is 2. The first-order valence-corrected chi connectivity index (χ1v) is 8.58. The van der Waals surface area contributed by atoms with Crippen molar-refractivity contribution < 1.29 is 13.2 Å². The molecule has 0 amide bonds. The Morgan fingerprint density at radius 3 is 3.10 bits per heavy atom. The molecule has 0 aliphatic carbocycles. The molecule has 2 saturated heterocycles. The fourth-order valence-electron chi connectivity index (χ4n) is 3.57. The van der Waals surface area contributed by atoms with Crippen LogP contribution in [-0.2, 0) is 16.4 Å². The summed E-state index contributed by atoms with van der Waals surface area (Å²) in [7, 11) is -3.38. The molecule has 108 valence electrons. The topological polar surface area (TPSA) is 58.6 Å². The van der Waals surface area contributed by atoms with Gasteiger partial charge in [-0.15, -0.1) is 0 Å². The van der Waals surface area contributed by atoms with Crippen molar-refractivity contribution >= 4 is 10.0 Å². The van der Waals surface area contributed by atoms with Crippen LogP contribution in [0.15, 0.2) is 23.1 Å². The van der Waals surface area contributed by atoms with Crippen LogP contribution in [0.4, 0.5) is 0 Å². The molecular formula is C14H18N2O3S. The molecule has 3 aliphatic rings. The standard InChI is InChI=1S/C14H18N2O3S/c17-20(18,16-5-3-11-8-15-9-13(11)16)12-1-2-14-10(7-12)4-6-19-14/h1-2,7,11,13,15H,3-6,8-9H2/t11-,13+/m0/s1. The number of nitrogens with one attached hydrogen (secondary N) is 1. The van der Waals surface area contributed by atoms with Gasteiger partial charge < -0.3 is 10.1 Å². The van der Waals surface area contributed by atoms with E-state index in [9.17, 15) is 8.42 Å². The Kier molecular flexibility index (Phi) is 2.80. The van der Waals surface area contributed by atoms with Gasteiger partial charge in [0.1, 0.15) is 5.75 Å². The van der Waals surface area contributed by atoms with Crippen LogP contribution in [0.3, 0.4) is 0 Å². The van der Waals surface area contributed by atoms with Gasteiger partial charge in [0, 0.05) is 25.6 Å². The second kappa shape index (κ2) is 4.44. The lowest BCUT2D eigenvalue weighted by atomic mass is 10.1. The van der Waals surface area contributed by atoms with Crippen LogP contribution in [0, 0.1) is 5.92 Å². The van der Waals surface area contributed by atoms with Crippen LogP contribution >= 0.6 is 0 Å². The number of hydrogen-bond acceptors (Lipinski definition) is 4. The van der Waals surface area contributed by atoms with E-state index in [2.05, 4.69) is 5.32 Å². The molecular weight excluding hydrogens is 276 g/mol. The van der Waals surface area contributed by atoms with E-state index in [4.69, 9.17) is 4.74 Å². The van der Waals surface area contributed by atoms with Crippen molar-refractivity contribution in [1.29, 1.82) is 0 Å². The number of sulfonamides is 1. The molecule has 0 spiro atoms. The van der Waals surface area contributed by atoms with Crippen LogP contribution in [0.25, 0.3) is 0 Å². The number of ether oxygens (including phenoxy) is 1. The molecule has 3 heterocycles. The molecule has 20 heavy (non-hydrogen) atoms. The van der Waals surface area contributed by atoms with Crippen LogP contribution in [0.1, 0.15) is 12.0 Å². The third-order valence-corrected chi connectivity index (χ3v) is 6.58. The molecule has 0 bridgehead atoms. The molecule has 1 aromatic rings. The van der Waals surface area contributed by atoms with Gasteiger partial charge in [-0.3, -0.25) is 0 Å². The van der Waals surface area contributed by atoms with E-state index in [0.717, 1.165) is 37.2 Å². The Morgan fingerprint density at radius 2 is 2.20 bits per heavy atom. The molecule has 1 aromatic carbocycles. The van der Waals surface area contributed by atoms with Crippen molar-refractivity contribution in [1.82, 2.24) is 9.62 Å². The van der Waals surface area contributed by atoms with Crippen LogP contribution in [0.5, 0.6) is 5.75 Å². The third kappa shape index (κ3) is 1.78. The lowest BCUT2D eigenvalue weighted by Crippen LogP contribution is -2.39. The molecule has 0 aromatic heterocycles. The highest BCUT2D eigenvalue weighted by Crippen LogP contribution is 2.34.